The number of hydrogen-bond acceptors (Lipinski definition) is 5. The molecule has 0 bridgehead atoms. The second-order valence-corrected chi connectivity index (χ2v) is 6.72. The summed E-state index contributed by atoms with van der Waals surface area (Å²) in [5.41, 5.74) is -2.55. The summed E-state index contributed by atoms with van der Waals surface area (Å²) in [6.45, 7) is 2.51. The molecule has 2 aliphatic heterocycles. The molecule has 3 heterocycles. The maximum atomic E-state index is 12.6. The van der Waals surface area contributed by atoms with E-state index < -0.39 is 35.3 Å². The van der Waals surface area contributed by atoms with Gasteiger partial charge in [-0.15, -0.1) is 0 Å². The lowest BCUT2D eigenvalue weighted by Gasteiger charge is -2.51. The minimum absolute atomic E-state index is 0.0571. The zero-order valence-corrected chi connectivity index (χ0v) is 13.3. The van der Waals surface area contributed by atoms with Gasteiger partial charge in [-0.3, -0.25) is 9.89 Å². The van der Waals surface area contributed by atoms with E-state index in [1.54, 1.807) is 6.92 Å². The Morgan fingerprint density at radius 3 is 2.71 bits per heavy atom. The molecule has 0 unspecified atom stereocenters. The molecule has 1 aromatic heterocycles. The second-order valence-electron chi connectivity index (χ2n) is 6.72. The molecule has 0 saturated carbocycles. The van der Waals surface area contributed by atoms with Gasteiger partial charge in [0.2, 0.25) is 0 Å². The van der Waals surface area contributed by atoms with Crippen LogP contribution < -0.4 is 0 Å². The fourth-order valence-corrected chi connectivity index (χ4v) is 3.47. The second kappa shape index (κ2) is 6.05. The van der Waals surface area contributed by atoms with Crippen LogP contribution in [0.4, 0.5) is 8.78 Å². The molecule has 0 aromatic carbocycles. The molecule has 2 aliphatic rings. The maximum absolute atomic E-state index is 12.6. The smallest absolute Gasteiger partial charge is 0.279 e. The van der Waals surface area contributed by atoms with Gasteiger partial charge in [0.05, 0.1) is 12.2 Å². The van der Waals surface area contributed by atoms with Crippen LogP contribution in [0.1, 0.15) is 48.8 Å². The first kappa shape index (κ1) is 17.2. The van der Waals surface area contributed by atoms with Gasteiger partial charge in [0.15, 0.2) is 5.69 Å². The standard InChI is InChI=1S/C15H21F2N3O4/c1-14(23)4-7-24-15(13(14)22)2-5-20(6-3-15)12(21)10-8-9(11(16)17)18-19-10/h8,11,13,22-23H,2-7H2,1H3,(H,18,19)/t13-,14+/m0/s1. The number of H-pyrrole nitrogens is 1. The van der Waals surface area contributed by atoms with Crippen molar-refractivity contribution < 1.29 is 28.5 Å². The first-order valence-electron chi connectivity index (χ1n) is 7.92. The van der Waals surface area contributed by atoms with Gasteiger partial charge in [-0.2, -0.15) is 5.10 Å². The Kier molecular flexibility index (Phi) is 4.35. The lowest BCUT2D eigenvalue weighted by Crippen LogP contribution is -2.64. The Morgan fingerprint density at radius 2 is 2.12 bits per heavy atom. The van der Waals surface area contributed by atoms with Crippen LogP contribution in [0.3, 0.4) is 0 Å². The number of aliphatic hydroxyl groups excluding tert-OH is 1. The van der Waals surface area contributed by atoms with Gasteiger partial charge >= 0.3 is 0 Å². The minimum Gasteiger partial charge on any atom is -0.387 e. The molecule has 0 radical (unpaired) electrons. The van der Waals surface area contributed by atoms with Gasteiger partial charge in [-0.25, -0.2) is 8.78 Å². The number of ether oxygens (including phenoxy) is 1. The first-order chi connectivity index (χ1) is 11.3. The molecule has 134 valence electrons. The molecular weight excluding hydrogens is 324 g/mol. The van der Waals surface area contributed by atoms with E-state index in [4.69, 9.17) is 4.74 Å². The van der Waals surface area contributed by atoms with Crippen LogP contribution in [0.2, 0.25) is 0 Å². The zero-order chi connectivity index (χ0) is 17.5. The third-order valence-corrected chi connectivity index (χ3v) is 5.03. The van der Waals surface area contributed by atoms with E-state index in [0.29, 0.717) is 39.0 Å². The van der Waals surface area contributed by atoms with Gasteiger partial charge in [0, 0.05) is 19.5 Å². The summed E-state index contributed by atoms with van der Waals surface area (Å²) in [6, 6.07) is 1.05. The molecule has 9 heteroatoms. The van der Waals surface area contributed by atoms with Crippen molar-refractivity contribution in [2.45, 2.75) is 49.9 Å². The summed E-state index contributed by atoms with van der Waals surface area (Å²) in [5.74, 6) is -0.440. The number of alkyl halides is 2. The molecule has 0 aliphatic carbocycles. The summed E-state index contributed by atoms with van der Waals surface area (Å²) in [5, 5.41) is 26.5. The van der Waals surface area contributed by atoms with E-state index in [-0.39, 0.29) is 5.69 Å². The number of aliphatic hydroxyl groups is 2. The Labute approximate surface area is 137 Å². The van der Waals surface area contributed by atoms with Gasteiger partial charge in [-0.05, 0) is 25.8 Å². The first-order valence-corrected chi connectivity index (χ1v) is 7.92. The molecular formula is C15H21F2N3O4. The van der Waals surface area contributed by atoms with Crippen LogP contribution >= 0.6 is 0 Å². The number of piperidine rings is 1. The Hall–Kier alpha value is -1.58. The number of hydrogen-bond donors (Lipinski definition) is 3. The summed E-state index contributed by atoms with van der Waals surface area (Å²) >= 11 is 0. The number of carbonyl (C=O) groups is 1. The van der Waals surface area contributed by atoms with Crippen LogP contribution in [-0.2, 0) is 4.74 Å². The van der Waals surface area contributed by atoms with Gasteiger partial charge < -0.3 is 19.8 Å². The Bertz CT molecular complexity index is 612. The Morgan fingerprint density at radius 1 is 1.46 bits per heavy atom. The zero-order valence-electron chi connectivity index (χ0n) is 13.3. The summed E-state index contributed by atoms with van der Waals surface area (Å²) in [7, 11) is 0. The van der Waals surface area contributed by atoms with Crippen molar-refractivity contribution in [3.63, 3.8) is 0 Å². The highest BCUT2D eigenvalue weighted by Gasteiger charge is 2.53. The van der Waals surface area contributed by atoms with Crippen molar-refractivity contribution in [3.8, 4) is 0 Å². The number of amides is 1. The fourth-order valence-electron chi connectivity index (χ4n) is 3.47. The Balaban J connectivity index is 1.67. The maximum Gasteiger partial charge on any atom is 0.279 e. The SMILES string of the molecule is C[C@@]1(O)CCOC2(CCN(C(=O)c3cc(C(F)F)[nH]n3)CC2)[C@H]1O. The van der Waals surface area contributed by atoms with Gasteiger partial charge in [-0.1, -0.05) is 0 Å². The predicted octanol–water partition coefficient (Wildman–Crippen LogP) is 0.854. The van der Waals surface area contributed by atoms with Crippen molar-refractivity contribution >= 4 is 5.91 Å². The van der Waals surface area contributed by atoms with Crippen LogP contribution in [0.15, 0.2) is 6.07 Å². The highest BCUT2D eigenvalue weighted by Crippen LogP contribution is 2.39. The van der Waals surface area contributed by atoms with E-state index in [9.17, 15) is 23.8 Å². The molecule has 3 rings (SSSR count). The van der Waals surface area contributed by atoms with E-state index >= 15 is 0 Å². The van der Waals surface area contributed by atoms with E-state index in [0.717, 1.165) is 6.07 Å². The number of halogens is 2. The molecule has 2 atom stereocenters. The van der Waals surface area contributed by atoms with Crippen LogP contribution in [0.25, 0.3) is 0 Å². The molecule has 1 aromatic rings. The van der Waals surface area contributed by atoms with Gasteiger partial charge in [0.25, 0.3) is 12.3 Å². The van der Waals surface area contributed by atoms with Crippen molar-refractivity contribution in [1.29, 1.82) is 0 Å². The predicted molar refractivity (Wildman–Crippen MR) is 78.6 cm³/mol. The number of likely N-dealkylation sites (tertiary alicyclic amines) is 1. The summed E-state index contributed by atoms with van der Waals surface area (Å²) < 4.78 is 30.9. The summed E-state index contributed by atoms with van der Waals surface area (Å²) in [6.07, 6.45) is -2.67. The molecule has 1 amide bonds. The quantitative estimate of drug-likeness (QED) is 0.738. The van der Waals surface area contributed by atoms with Crippen molar-refractivity contribution in [1.82, 2.24) is 15.1 Å². The molecule has 1 spiro atoms. The number of nitrogens with zero attached hydrogens (tertiary/aromatic N) is 2. The third kappa shape index (κ3) is 2.91. The van der Waals surface area contributed by atoms with E-state index in [2.05, 4.69) is 10.2 Å². The minimum atomic E-state index is -2.71. The van der Waals surface area contributed by atoms with Crippen molar-refractivity contribution in [3.05, 3.63) is 17.5 Å². The molecule has 3 N–H and O–H groups in total. The molecule has 2 saturated heterocycles. The monoisotopic (exact) mass is 345 g/mol. The number of aromatic amines is 1. The largest absolute Gasteiger partial charge is 0.387 e. The van der Waals surface area contributed by atoms with Crippen LogP contribution in [0, 0.1) is 0 Å². The molecule has 24 heavy (non-hydrogen) atoms. The number of nitrogens with one attached hydrogen (secondary N) is 1. The molecule has 7 nitrogen and oxygen atoms in total. The fraction of sp³-hybridized carbons (Fsp3) is 0.733. The molecule has 2 fully saturated rings. The normalized spacial score (nSPS) is 30.1. The van der Waals surface area contributed by atoms with E-state index in [1.165, 1.54) is 4.90 Å². The topological polar surface area (TPSA) is 98.7 Å². The van der Waals surface area contributed by atoms with E-state index in [1.807, 2.05) is 0 Å². The number of carbonyl (C=O) groups excluding carboxylic acids is 1. The number of rotatable bonds is 2. The summed E-state index contributed by atoms with van der Waals surface area (Å²) in [4.78, 5) is 13.9. The van der Waals surface area contributed by atoms with Crippen molar-refractivity contribution in [2.24, 2.45) is 0 Å². The lowest BCUT2D eigenvalue weighted by atomic mass is 9.75. The highest BCUT2D eigenvalue weighted by molar-refractivity contribution is 5.92. The van der Waals surface area contributed by atoms with Gasteiger partial charge in [0.1, 0.15) is 17.4 Å². The van der Waals surface area contributed by atoms with Crippen LogP contribution in [0.5, 0.6) is 0 Å². The average molecular weight is 345 g/mol. The number of aromatic nitrogens is 2. The third-order valence-electron chi connectivity index (χ3n) is 5.03. The van der Waals surface area contributed by atoms with Crippen LogP contribution in [-0.4, -0.2) is 68.2 Å². The average Bonchev–Trinajstić information content (AvgIpc) is 3.03. The lowest BCUT2D eigenvalue weighted by molar-refractivity contribution is -0.244. The highest BCUT2D eigenvalue weighted by atomic mass is 19.3. The van der Waals surface area contributed by atoms with Crippen molar-refractivity contribution in [2.75, 3.05) is 19.7 Å².